The molecule has 0 N–H and O–H groups in total. The summed E-state index contributed by atoms with van der Waals surface area (Å²) in [5.41, 5.74) is 2.62. The van der Waals surface area contributed by atoms with Crippen LogP contribution in [0.15, 0.2) is 54.6 Å². The number of benzene rings is 2. The van der Waals surface area contributed by atoms with Gasteiger partial charge < -0.3 is 4.90 Å². The first-order valence-electron chi connectivity index (χ1n) is 7.86. The van der Waals surface area contributed by atoms with Crippen LogP contribution in [0.1, 0.15) is 23.6 Å². The molecule has 0 radical (unpaired) electrons. The number of rotatable bonds is 6. The second-order valence-corrected chi connectivity index (χ2v) is 8.38. The van der Waals surface area contributed by atoms with Crippen molar-refractivity contribution in [3.63, 3.8) is 0 Å². The van der Waals surface area contributed by atoms with Gasteiger partial charge in [0.05, 0.1) is 5.75 Å². The van der Waals surface area contributed by atoms with Crippen LogP contribution < -0.4 is 0 Å². The maximum atomic E-state index is 12.6. The lowest BCUT2D eigenvalue weighted by atomic mass is 10.1. The van der Waals surface area contributed by atoms with Crippen LogP contribution in [-0.2, 0) is 26.9 Å². The first-order valence-corrected chi connectivity index (χ1v) is 9.58. The number of hydrogen-bond acceptors (Lipinski definition) is 3. The fraction of sp³-hybridized carbons (Fsp3) is 0.316. The summed E-state index contributed by atoms with van der Waals surface area (Å²) in [6.45, 7) is 3.74. The lowest BCUT2D eigenvalue weighted by Gasteiger charge is -2.22. The number of sulfone groups is 1. The van der Waals surface area contributed by atoms with Crippen molar-refractivity contribution >= 4 is 15.7 Å². The van der Waals surface area contributed by atoms with Crippen molar-refractivity contribution in [2.24, 2.45) is 0 Å². The standard InChI is InChI=1S/C19H23NO3S/c1-15-9-7-8-12-18(15)14-24(22,23)16(2)19(21)20(3)13-17-10-5-4-6-11-17/h4-12,16H,13-14H2,1-3H3/t16-/m1/s1. The van der Waals surface area contributed by atoms with Crippen molar-refractivity contribution < 1.29 is 13.2 Å². The molecule has 0 heterocycles. The van der Waals surface area contributed by atoms with Crippen molar-refractivity contribution in [3.05, 3.63) is 71.3 Å². The summed E-state index contributed by atoms with van der Waals surface area (Å²) in [6.07, 6.45) is 0. The fourth-order valence-electron chi connectivity index (χ4n) is 2.51. The quantitative estimate of drug-likeness (QED) is 0.809. The highest BCUT2D eigenvalue weighted by Gasteiger charge is 2.30. The highest BCUT2D eigenvalue weighted by atomic mass is 32.2. The topological polar surface area (TPSA) is 54.5 Å². The van der Waals surface area contributed by atoms with Gasteiger partial charge in [0, 0.05) is 13.6 Å². The fourth-order valence-corrected chi connectivity index (χ4v) is 4.01. The maximum absolute atomic E-state index is 12.6. The molecule has 0 spiro atoms. The summed E-state index contributed by atoms with van der Waals surface area (Å²) < 4.78 is 25.2. The van der Waals surface area contributed by atoms with Crippen LogP contribution >= 0.6 is 0 Å². The zero-order valence-corrected chi connectivity index (χ0v) is 15.1. The molecular formula is C19H23NO3S. The molecule has 0 fully saturated rings. The monoisotopic (exact) mass is 345 g/mol. The normalized spacial score (nSPS) is 12.6. The van der Waals surface area contributed by atoms with Gasteiger partial charge in [-0.25, -0.2) is 8.42 Å². The summed E-state index contributed by atoms with van der Waals surface area (Å²) >= 11 is 0. The molecule has 2 aromatic carbocycles. The Balaban J connectivity index is 2.09. The zero-order valence-electron chi connectivity index (χ0n) is 14.3. The molecule has 24 heavy (non-hydrogen) atoms. The van der Waals surface area contributed by atoms with E-state index in [0.717, 1.165) is 16.7 Å². The number of hydrogen-bond donors (Lipinski definition) is 0. The highest BCUT2D eigenvalue weighted by Crippen LogP contribution is 2.17. The van der Waals surface area contributed by atoms with E-state index in [1.54, 1.807) is 13.1 Å². The Hall–Kier alpha value is -2.14. The average molecular weight is 345 g/mol. The predicted octanol–water partition coefficient (Wildman–Crippen LogP) is 2.96. The molecule has 2 aromatic rings. The lowest BCUT2D eigenvalue weighted by Crippen LogP contribution is -2.39. The van der Waals surface area contributed by atoms with E-state index >= 15 is 0 Å². The molecule has 128 valence electrons. The Morgan fingerprint density at radius 3 is 2.25 bits per heavy atom. The van der Waals surface area contributed by atoms with Gasteiger partial charge in [-0.2, -0.15) is 0 Å². The lowest BCUT2D eigenvalue weighted by molar-refractivity contribution is -0.129. The van der Waals surface area contributed by atoms with Gasteiger partial charge in [-0.15, -0.1) is 0 Å². The van der Waals surface area contributed by atoms with Gasteiger partial charge in [-0.3, -0.25) is 4.79 Å². The molecule has 0 aliphatic heterocycles. The van der Waals surface area contributed by atoms with Gasteiger partial charge in [0.2, 0.25) is 5.91 Å². The molecule has 0 unspecified atom stereocenters. The Morgan fingerprint density at radius 1 is 1.04 bits per heavy atom. The average Bonchev–Trinajstić information content (AvgIpc) is 2.56. The molecule has 1 atom stereocenters. The highest BCUT2D eigenvalue weighted by molar-refractivity contribution is 7.92. The SMILES string of the molecule is Cc1ccccc1CS(=O)(=O)[C@H](C)C(=O)N(C)Cc1ccccc1. The first kappa shape index (κ1) is 18.2. The van der Waals surface area contributed by atoms with Crippen LogP contribution in [0.5, 0.6) is 0 Å². The first-order chi connectivity index (χ1) is 11.3. The van der Waals surface area contributed by atoms with Gasteiger partial charge in [0.15, 0.2) is 9.84 Å². The molecule has 0 aromatic heterocycles. The third-order valence-corrected chi connectivity index (χ3v) is 6.14. The van der Waals surface area contributed by atoms with Gasteiger partial charge in [0.1, 0.15) is 5.25 Å². The summed E-state index contributed by atoms with van der Waals surface area (Å²) in [5.74, 6) is -0.501. The number of carbonyl (C=O) groups excluding carboxylic acids is 1. The Kier molecular flexibility index (Phi) is 5.78. The molecule has 0 bridgehead atoms. The molecule has 1 amide bonds. The second-order valence-electron chi connectivity index (χ2n) is 6.06. The smallest absolute Gasteiger partial charge is 0.240 e. The maximum Gasteiger partial charge on any atom is 0.240 e. The van der Waals surface area contributed by atoms with Crippen molar-refractivity contribution in [1.29, 1.82) is 0 Å². The van der Waals surface area contributed by atoms with Gasteiger partial charge in [0.25, 0.3) is 0 Å². The van der Waals surface area contributed by atoms with Gasteiger partial charge in [-0.05, 0) is 30.5 Å². The van der Waals surface area contributed by atoms with Crippen LogP contribution in [0, 0.1) is 6.92 Å². The van der Waals surface area contributed by atoms with E-state index < -0.39 is 15.1 Å². The van der Waals surface area contributed by atoms with E-state index in [9.17, 15) is 13.2 Å². The molecule has 0 aliphatic carbocycles. The van der Waals surface area contributed by atoms with Crippen LogP contribution in [0.4, 0.5) is 0 Å². The molecular weight excluding hydrogens is 322 g/mol. The summed E-state index contributed by atoms with van der Waals surface area (Å²) in [7, 11) is -1.93. The minimum atomic E-state index is -3.56. The Bertz CT molecular complexity index is 800. The number of nitrogens with zero attached hydrogens (tertiary/aromatic N) is 1. The third kappa shape index (κ3) is 4.45. The minimum Gasteiger partial charge on any atom is -0.340 e. The van der Waals surface area contributed by atoms with Crippen molar-refractivity contribution in [2.75, 3.05) is 7.05 Å². The minimum absolute atomic E-state index is 0.119. The van der Waals surface area contributed by atoms with Crippen LogP contribution in [0.3, 0.4) is 0 Å². The van der Waals surface area contributed by atoms with Gasteiger partial charge in [-0.1, -0.05) is 54.6 Å². The predicted molar refractivity (Wildman–Crippen MR) is 96.2 cm³/mol. The Labute approximate surface area is 144 Å². The van der Waals surface area contributed by atoms with Crippen molar-refractivity contribution in [2.45, 2.75) is 31.4 Å². The molecule has 0 aliphatic rings. The van der Waals surface area contributed by atoms with E-state index in [1.807, 2.05) is 55.5 Å². The number of amides is 1. The Morgan fingerprint density at radius 2 is 1.62 bits per heavy atom. The number of carbonyl (C=O) groups is 1. The largest absolute Gasteiger partial charge is 0.340 e. The van der Waals surface area contributed by atoms with Crippen LogP contribution in [0.25, 0.3) is 0 Å². The summed E-state index contributed by atoms with van der Waals surface area (Å²) in [4.78, 5) is 14.0. The van der Waals surface area contributed by atoms with Crippen molar-refractivity contribution in [1.82, 2.24) is 4.90 Å². The summed E-state index contributed by atoms with van der Waals surface area (Å²) in [5, 5.41) is -1.06. The van der Waals surface area contributed by atoms with Crippen LogP contribution in [-0.4, -0.2) is 31.5 Å². The third-order valence-electron chi connectivity index (χ3n) is 4.14. The number of aryl methyl sites for hydroxylation is 1. The zero-order chi connectivity index (χ0) is 17.7. The second kappa shape index (κ2) is 7.62. The van der Waals surface area contributed by atoms with E-state index in [-0.39, 0.29) is 11.7 Å². The van der Waals surface area contributed by atoms with Crippen molar-refractivity contribution in [3.8, 4) is 0 Å². The molecule has 0 saturated carbocycles. The van der Waals surface area contributed by atoms with E-state index in [2.05, 4.69) is 0 Å². The summed E-state index contributed by atoms with van der Waals surface area (Å²) in [6, 6.07) is 16.9. The van der Waals surface area contributed by atoms with E-state index in [4.69, 9.17) is 0 Å². The van der Waals surface area contributed by atoms with E-state index in [1.165, 1.54) is 11.8 Å². The molecule has 2 rings (SSSR count). The molecule has 5 heteroatoms. The molecule has 4 nitrogen and oxygen atoms in total. The van der Waals surface area contributed by atoms with Gasteiger partial charge >= 0.3 is 0 Å². The molecule has 0 saturated heterocycles. The van der Waals surface area contributed by atoms with E-state index in [0.29, 0.717) is 6.54 Å². The van der Waals surface area contributed by atoms with Crippen LogP contribution in [0.2, 0.25) is 0 Å².